The molecule has 0 atom stereocenters. The van der Waals surface area contributed by atoms with Crippen molar-refractivity contribution in [3.63, 3.8) is 0 Å². The first-order valence-corrected chi connectivity index (χ1v) is 10.9. The third-order valence-electron chi connectivity index (χ3n) is 4.24. The first-order chi connectivity index (χ1) is 14.4. The second kappa shape index (κ2) is 9.95. The summed E-state index contributed by atoms with van der Waals surface area (Å²) >= 11 is 4.28. The summed E-state index contributed by atoms with van der Waals surface area (Å²) in [5.41, 5.74) is 2.57. The first-order valence-electron chi connectivity index (χ1n) is 9.26. The van der Waals surface area contributed by atoms with Gasteiger partial charge in [0.25, 0.3) is 11.1 Å². The maximum atomic E-state index is 12.8. The van der Waals surface area contributed by atoms with Crippen molar-refractivity contribution in [2.75, 3.05) is 13.2 Å². The molecule has 1 fully saturated rings. The van der Waals surface area contributed by atoms with E-state index in [9.17, 15) is 14.4 Å². The van der Waals surface area contributed by atoms with Gasteiger partial charge in [-0.1, -0.05) is 45.8 Å². The van der Waals surface area contributed by atoms with E-state index in [0.717, 1.165) is 27.4 Å². The van der Waals surface area contributed by atoms with Crippen molar-refractivity contribution in [2.24, 2.45) is 0 Å². The normalized spacial score (nSPS) is 15.0. The summed E-state index contributed by atoms with van der Waals surface area (Å²) in [6.07, 6.45) is 1.60. The highest BCUT2D eigenvalue weighted by atomic mass is 79.9. The Morgan fingerprint density at radius 3 is 2.60 bits per heavy atom. The van der Waals surface area contributed by atoms with Crippen LogP contribution in [0.1, 0.15) is 23.6 Å². The molecule has 3 rings (SSSR count). The summed E-state index contributed by atoms with van der Waals surface area (Å²) in [5.74, 6) is -0.428. The SMILES string of the molecule is CCOC(=O)COc1ccc(Br)cc1/C=C1\SC(=O)N(Cc2ccc(C)cc2)C1=O. The Morgan fingerprint density at radius 1 is 1.17 bits per heavy atom. The van der Waals surface area contributed by atoms with Gasteiger partial charge in [0, 0.05) is 10.0 Å². The van der Waals surface area contributed by atoms with Crippen LogP contribution in [0.5, 0.6) is 5.75 Å². The van der Waals surface area contributed by atoms with Crippen LogP contribution in [0.2, 0.25) is 0 Å². The topological polar surface area (TPSA) is 72.9 Å². The maximum Gasteiger partial charge on any atom is 0.344 e. The fourth-order valence-electron chi connectivity index (χ4n) is 2.76. The van der Waals surface area contributed by atoms with Crippen molar-refractivity contribution in [1.82, 2.24) is 4.90 Å². The Labute approximate surface area is 187 Å². The molecule has 0 N–H and O–H groups in total. The first kappa shape index (κ1) is 22.1. The lowest BCUT2D eigenvalue weighted by Crippen LogP contribution is -2.27. The van der Waals surface area contributed by atoms with E-state index in [1.165, 1.54) is 4.90 Å². The van der Waals surface area contributed by atoms with E-state index in [-0.39, 0.29) is 30.9 Å². The van der Waals surface area contributed by atoms with Gasteiger partial charge in [0.1, 0.15) is 5.75 Å². The summed E-state index contributed by atoms with van der Waals surface area (Å²) < 4.78 is 11.2. The highest BCUT2D eigenvalue weighted by Gasteiger charge is 2.35. The zero-order chi connectivity index (χ0) is 21.7. The van der Waals surface area contributed by atoms with Crippen molar-refractivity contribution in [3.8, 4) is 5.75 Å². The van der Waals surface area contributed by atoms with Crippen LogP contribution < -0.4 is 4.74 Å². The third-order valence-corrected chi connectivity index (χ3v) is 5.64. The van der Waals surface area contributed by atoms with Crippen LogP contribution in [-0.4, -0.2) is 35.2 Å². The van der Waals surface area contributed by atoms with Crippen LogP contribution in [0.4, 0.5) is 4.79 Å². The van der Waals surface area contributed by atoms with E-state index in [1.807, 2.05) is 31.2 Å². The predicted octanol–water partition coefficient (Wildman–Crippen LogP) is 4.94. The molecule has 1 aliphatic heterocycles. The smallest absolute Gasteiger partial charge is 0.344 e. The Bertz CT molecular complexity index is 1000. The minimum Gasteiger partial charge on any atom is -0.481 e. The average molecular weight is 490 g/mol. The molecular formula is C22H20BrNO5S. The second-order valence-electron chi connectivity index (χ2n) is 6.53. The van der Waals surface area contributed by atoms with E-state index in [1.54, 1.807) is 31.2 Å². The average Bonchev–Trinajstić information content (AvgIpc) is 2.96. The summed E-state index contributed by atoms with van der Waals surface area (Å²) in [6.45, 7) is 3.93. The van der Waals surface area contributed by atoms with Crippen molar-refractivity contribution in [1.29, 1.82) is 0 Å². The molecular weight excluding hydrogens is 470 g/mol. The molecule has 0 aromatic heterocycles. The molecule has 1 aliphatic rings. The Morgan fingerprint density at radius 2 is 1.90 bits per heavy atom. The maximum absolute atomic E-state index is 12.8. The van der Waals surface area contributed by atoms with Gasteiger partial charge in [-0.15, -0.1) is 0 Å². The van der Waals surface area contributed by atoms with Crippen LogP contribution in [0.15, 0.2) is 51.8 Å². The van der Waals surface area contributed by atoms with Crippen LogP contribution in [0.25, 0.3) is 6.08 Å². The van der Waals surface area contributed by atoms with Crippen LogP contribution >= 0.6 is 27.7 Å². The van der Waals surface area contributed by atoms with E-state index in [0.29, 0.717) is 16.2 Å². The fourth-order valence-corrected chi connectivity index (χ4v) is 3.96. The number of carbonyl (C=O) groups excluding carboxylic acids is 3. The molecule has 6 nitrogen and oxygen atoms in total. The van der Waals surface area contributed by atoms with Gasteiger partial charge in [-0.05, 0) is 55.4 Å². The molecule has 0 saturated carbocycles. The highest BCUT2D eigenvalue weighted by molar-refractivity contribution is 9.10. The van der Waals surface area contributed by atoms with Gasteiger partial charge in [0.05, 0.1) is 18.1 Å². The lowest BCUT2D eigenvalue weighted by Gasteiger charge is -2.12. The lowest BCUT2D eigenvalue weighted by molar-refractivity contribution is -0.145. The second-order valence-corrected chi connectivity index (χ2v) is 8.44. The molecule has 2 aromatic rings. The van der Waals surface area contributed by atoms with Crippen molar-refractivity contribution in [3.05, 3.63) is 68.5 Å². The standard InChI is InChI=1S/C22H20BrNO5S/c1-3-28-20(25)13-29-18-9-8-17(23)10-16(18)11-19-21(26)24(22(27)30-19)12-15-6-4-14(2)5-7-15/h4-11H,3,12-13H2,1-2H3/b19-11-. The largest absolute Gasteiger partial charge is 0.481 e. The van der Waals surface area contributed by atoms with Gasteiger partial charge in [-0.2, -0.15) is 0 Å². The van der Waals surface area contributed by atoms with E-state index in [2.05, 4.69) is 15.9 Å². The van der Waals surface area contributed by atoms with Gasteiger partial charge < -0.3 is 9.47 Å². The van der Waals surface area contributed by atoms with E-state index < -0.39 is 5.97 Å². The summed E-state index contributed by atoms with van der Waals surface area (Å²) in [6, 6.07) is 12.9. The summed E-state index contributed by atoms with van der Waals surface area (Å²) in [4.78, 5) is 38.4. The van der Waals surface area contributed by atoms with Crippen molar-refractivity contribution in [2.45, 2.75) is 20.4 Å². The van der Waals surface area contributed by atoms with E-state index >= 15 is 0 Å². The fraction of sp³-hybridized carbons (Fsp3) is 0.227. The molecule has 8 heteroatoms. The number of benzene rings is 2. The molecule has 156 valence electrons. The number of thioether (sulfide) groups is 1. The van der Waals surface area contributed by atoms with E-state index in [4.69, 9.17) is 9.47 Å². The Hall–Kier alpha value is -2.58. The van der Waals surface area contributed by atoms with Crippen molar-refractivity contribution >= 4 is 50.9 Å². The molecule has 0 bridgehead atoms. The number of hydrogen-bond donors (Lipinski definition) is 0. The lowest BCUT2D eigenvalue weighted by atomic mass is 10.1. The van der Waals surface area contributed by atoms with Gasteiger partial charge in [0.2, 0.25) is 0 Å². The monoisotopic (exact) mass is 489 g/mol. The highest BCUT2D eigenvalue weighted by Crippen LogP contribution is 2.35. The Balaban J connectivity index is 1.80. The molecule has 0 unspecified atom stereocenters. The quantitative estimate of drug-likeness (QED) is 0.405. The number of imide groups is 1. The molecule has 1 heterocycles. The predicted molar refractivity (Wildman–Crippen MR) is 119 cm³/mol. The third kappa shape index (κ3) is 5.52. The number of ether oxygens (including phenoxy) is 2. The molecule has 0 radical (unpaired) electrons. The Kier molecular flexibility index (Phi) is 7.33. The molecule has 30 heavy (non-hydrogen) atoms. The van der Waals surface area contributed by atoms with Crippen LogP contribution in [0, 0.1) is 6.92 Å². The minimum absolute atomic E-state index is 0.215. The number of hydrogen-bond acceptors (Lipinski definition) is 6. The number of nitrogens with zero attached hydrogens (tertiary/aromatic N) is 1. The van der Waals surface area contributed by atoms with Gasteiger partial charge in [0.15, 0.2) is 6.61 Å². The molecule has 2 aromatic carbocycles. The zero-order valence-corrected chi connectivity index (χ0v) is 18.9. The number of carbonyl (C=O) groups is 3. The van der Waals surface area contributed by atoms with Gasteiger partial charge in [-0.25, -0.2) is 4.79 Å². The van der Waals surface area contributed by atoms with Crippen LogP contribution in [-0.2, 0) is 20.9 Å². The number of amides is 2. The number of aryl methyl sites for hydroxylation is 1. The molecule has 2 amide bonds. The number of halogens is 1. The molecule has 1 saturated heterocycles. The molecule has 0 aliphatic carbocycles. The van der Waals surface area contributed by atoms with Gasteiger partial charge in [-0.3, -0.25) is 14.5 Å². The van der Waals surface area contributed by atoms with Crippen molar-refractivity contribution < 1.29 is 23.9 Å². The number of esters is 1. The zero-order valence-electron chi connectivity index (χ0n) is 16.5. The summed E-state index contributed by atoms with van der Waals surface area (Å²) in [7, 11) is 0. The molecule has 0 spiro atoms. The van der Waals surface area contributed by atoms with Gasteiger partial charge >= 0.3 is 5.97 Å². The van der Waals surface area contributed by atoms with Crippen LogP contribution in [0.3, 0.4) is 0 Å². The minimum atomic E-state index is -0.482. The summed E-state index contributed by atoms with van der Waals surface area (Å²) in [5, 5.41) is -0.323. The number of rotatable bonds is 7.